The summed E-state index contributed by atoms with van der Waals surface area (Å²) in [4.78, 5) is 0. The van der Waals surface area contributed by atoms with Crippen molar-refractivity contribution in [3.8, 4) is 5.75 Å². The molecule has 0 aliphatic carbocycles. The summed E-state index contributed by atoms with van der Waals surface area (Å²) in [7, 11) is 0. The summed E-state index contributed by atoms with van der Waals surface area (Å²) in [5.41, 5.74) is 2.62. The first-order chi connectivity index (χ1) is 13.0. The third-order valence-electron chi connectivity index (χ3n) is 4.16. The number of nitrogens with zero attached hydrogens (tertiary/aromatic N) is 6. The van der Waals surface area contributed by atoms with Crippen molar-refractivity contribution in [2.75, 3.05) is 13.1 Å². The van der Waals surface area contributed by atoms with Gasteiger partial charge in [0, 0.05) is 6.54 Å². The molecule has 1 aromatic carbocycles. The molecule has 141 valence electrons. The number of aromatic nitrogens is 2. The van der Waals surface area contributed by atoms with Crippen molar-refractivity contribution in [2.45, 2.75) is 24.6 Å². The SMILES string of the molecule is FC(F)(F)c1ccccc1OC1CCNCC1c1nnc(C2=N[N]N=N2)s1. The molecule has 2 atom stereocenters. The Labute approximate surface area is 155 Å². The molecule has 2 aliphatic rings. The molecule has 1 saturated heterocycles. The van der Waals surface area contributed by atoms with Gasteiger partial charge < -0.3 is 10.1 Å². The molecule has 1 aromatic heterocycles. The van der Waals surface area contributed by atoms with E-state index in [0.29, 0.717) is 29.5 Å². The molecule has 1 radical (unpaired) electrons. The average Bonchev–Trinajstić information content (AvgIpc) is 3.33. The third kappa shape index (κ3) is 3.76. The van der Waals surface area contributed by atoms with Crippen molar-refractivity contribution in [1.29, 1.82) is 0 Å². The number of piperidine rings is 1. The Kier molecular flexibility index (Phi) is 4.74. The van der Waals surface area contributed by atoms with Gasteiger partial charge in [-0.3, -0.25) is 0 Å². The average molecular weight is 396 g/mol. The minimum absolute atomic E-state index is 0.181. The predicted molar refractivity (Wildman–Crippen MR) is 89.5 cm³/mol. The van der Waals surface area contributed by atoms with Crippen LogP contribution in [0.1, 0.15) is 27.9 Å². The smallest absolute Gasteiger partial charge is 0.419 e. The fourth-order valence-electron chi connectivity index (χ4n) is 2.89. The molecule has 1 fully saturated rings. The van der Waals surface area contributed by atoms with Crippen LogP contribution in [0.5, 0.6) is 5.75 Å². The summed E-state index contributed by atoms with van der Waals surface area (Å²) >= 11 is 1.25. The molecule has 2 aliphatic heterocycles. The standard InChI is InChI=1S/C15H13F3N7OS/c16-15(17,18)9-3-1-2-4-11(9)26-10-5-6-19-7-8(10)13-22-23-14(27-13)12-20-24-25-21-12/h1-4,8,10,19H,5-7H2. The Morgan fingerprint density at radius 2 is 2.04 bits per heavy atom. The maximum absolute atomic E-state index is 13.2. The van der Waals surface area contributed by atoms with E-state index in [0.717, 1.165) is 6.07 Å². The van der Waals surface area contributed by atoms with Crippen LogP contribution in [-0.2, 0) is 6.18 Å². The first kappa shape index (κ1) is 17.8. The Morgan fingerprint density at radius 1 is 1.19 bits per heavy atom. The van der Waals surface area contributed by atoms with Gasteiger partial charge in [-0.05, 0) is 35.9 Å². The van der Waals surface area contributed by atoms with Gasteiger partial charge in [-0.25, -0.2) is 0 Å². The highest BCUT2D eigenvalue weighted by Crippen LogP contribution is 2.38. The van der Waals surface area contributed by atoms with Crippen LogP contribution in [0.2, 0.25) is 0 Å². The molecule has 12 heteroatoms. The van der Waals surface area contributed by atoms with Crippen molar-refractivity contribution in [1.82, 2.24) is 21.0 Å². The van der Waals surface area contributed by atoms with Gasteiger partial charge in [0.05, 0.1) is 11.5 Å². The molecular weight excluding hydrogens is 383 g/mol. The summed E-state index contributed by atoms with van der Waals surface area (Å²) in [6, 6.07) is 5.22. The normalized spacial score (nSPS) is 22.4. The number of nitrogens with one attached hydrogen (secondary N) is 1. The third-order valence-corrected chi connectivity index (χ3v) is 5.21. The van der Waals surface area contributed by atoms with E-state index >= 15 is 0 Å². The second-order valence-electron chi connectivity index (χ2n) is 5.90. The summed E-state index contributed by atoms with van der Waals surface area (Å²) < 4.78 is 45.5. The molecule has 2 aromatic rings. The van der Waals surface area contributed by atoms with Crippen LogP contribution in [0.3, 0.4) is 0 Å². The lowest BCUT2D eigenvalue weighted by Crippen LogP contribution is -2.41. The molecule has 0 bridgehead atoms. The minimum atomic E-state index is -4.48. The van der Waals surface area contributed by atoms with E-state index in [-0.39, 0.29) is 17.5 Å². The van der Waals surface area contributed by atoms with E-state index in [4.69, 9.17) is 4.74 Å². The van der Waals surface area contributed by atoms with Gasteiger partial charge in [0.15, 0.2) is 5.01 Å². The second-order valence-corrected chi connectivity index (χ2v) is 6.91. The highest BCUT2D eigenvalue weighted by atomic mass is 32.1. The predicted octanol–water partition coefficient (Wildman–Crippen LogP) is 2.73. The van der Waals surface area contributed by atoms with Crippen LogP contribution < -0.4 is 15.6 Å². The van der Waals surface area contributed by atoms with Crippen LogP contribution in [0.4, 0.5) is 13.2 Å². The van der Waals surface area contributed by atoms with Crippen LogP contribution in [0.25, 0.3) is 0 Å². The monoisotopic (exact) mass is 396 g/mol. The van der Waals surface area contributed by atoms with Crippen molar-refractivity contribution < 1.29 is 17.9 Å². The Morgan fingerprint density at radius 3 is 2.81 bits per heavy atom. The number of alkyl halides is 3. The first-order valence-electron chi connectivity index (χ1n) is 8.08. The zero-order valence-corrected chi connectivity index (χ0v) is 14.5. The number of para-hydroxylation sites is 1. The molecule has 1 N–H and O–H groups in total. The lowest BCUT2D eigenvalue weighted by atomic mass is 9.96. The number of rotatable bonds is 4. The van der Waals surface area contributed by atoms with Gasteiger partial charge in [-0.1, -0.05) is 23.5 Å². The highest BCUT2D eigenvalue weighted by Gasteiger charge is 2.37. The van der Waals surface area contributed by atoms with Crippen LogP contribution >= 0.6 is 11.3 Å². The van der Waals surface area contributed by atoms with Gasteiger partial charge in [-0.2, -0.15) is 13.2 Å². The van der Waals surface area contributed by atoms with Gasteiger partial charge in [-0.15, -0.1) is 20.4 Å². The highest BCUT2D eigenvalue weighted by molar-refractivity contribution is 7.13. The Bertz CT molecular complexity index is 882. The Balaban J connectivity index is 1.58. The number of ether oxygens (including phenoxy) is 1. The molecule has 27 heavy (non-hydrogen) atoms. The zero-order chi connectivity index (χ0) is 18.9. The van der Waals surface area contributed by atoms with Gasteiger partial charge in [0.25, 0.3) is 0 Å². The van der Waals surface area contributed by atoms with E-state index in [1.807, 2.05) is 0 Å². The van der Waals surface area contributed by atoms with E-state index in [1.165, 1.54) is 29.5 Å². The molecule has 0 spiro atoms. The number of hydrogen-bond acceptors (Lipinski definition) is 8. The summed E-state index contributed by atoms with van der Waals surface area (Å²) in [6.07, 6.45) is -4.40. The molecule has 0 saturated carbocycles. The van der Waals surface area contributed by atoms with Gasteiger partial charge in [0.2, 0.25) is 5.84 Å². The van der Waals surface area contributed by atoms with E-state index in [2.05, 4.69) is 36.5 Å². The second kappa shape index (κ2) is 7.19. The lowest BCUT2D eigenvalue weighted by molar-refractivity contribution is -0.139. The van der Waals surface area contributed by atoms with Crippen LogP contribution in [0.15, 0.2) is 39.7 Å². The number of halogens is 3. The molecule has 2 unspecified atom stereocenters. The van der Waals surface area contributed by atoms with Gasteiger partial charge in [0.1, 0.15) is 16.9 Å². The maximum Gasteiger partial charge on any atom is 0.419 e. The van der Waals surface area contributed by atoms with Crippen molar-refractivity contribution >= 4 is 17.2 Å². The minimum Gasteiger partial charge on any atom is -0.489 e. The molecule has 4 rings (SSSR count). The zero-order valence-electron chi connectivity index (χ0n) is 13.7. The number of amidine groups is 1. The lowest BCUT2D eigenvalue weighted by Gasteiger charge is -2.31. The van der Waals surface area contributed by atoms with Crippen molar-refractivity contribution in [3.63, 3.8) is 0 Å². The van der Waals surface area contributed by atoms with E-state index < -0.39 is 17.8 Å². The first-order valence-corrected chi connectivity index (χ1v) is 8.90. The number of hydrogen-bond donors (Lipinski definition) is 1. The number of benzene rings is 1. The summed E-state index contributed by atoms with van der Waals surface area (Å²) in [5.74, 6) is -0.163. The van der Waals surface area contributed by atoms with E-state index in [9.17, 15) is 13.2 Å². The van der Waals surface area contributed by atoms with Crippen LogP contribution in [-0.4, -0.2) is 35.2 Å². The Hall–Kier alpha value is -2.60. The molecule has 3 heterocycles. The maximum atomic E-state index is 13.2. The molecule has 0 amide bonds. The van der Waals surface area contributed by atoms with Crippen molar-refractivity contribution in [2.24, 2.45) is 15.4 Å². The largest absolute Gasteiger partial charge is 0.489 e. The summed E-state index contributed by atoms with van der Waals surface area (Å²) in [6.45, 7) is 1.16. The fraction of sp³-hybridized carbons (Fsp3) is 0.400. The van der Waals surface area contributed by atoms with Crippen molar-refractivity contribution in [3.05, 3.63) is 39.8 Å². The summed E-state index contributed by atoms with van der Waals surface area (Å²) in [5, 5.41) is 23.4. The quantitative estimate of drug-likeness (QED) is 0.859. The fourth-order valence-corrected chi connectivity index (χ4v) is 3.81. The van der Waals surface area contributed by atoms with E-state index in [1.54, 1.807) is 0 Å². The topological polar surface area (TPSA) is 98.2 Å². The molecular formula is C15H13F3N7OS. The van der Waals surface area contributed by atoms with Gasteiger partial charge >= 0.3 is 6.18 Å². The van der Waals surface area contributed by atoms with Crippen LogP contribution in [0, 0.1) is 0 Å². The molecule has 8 nitrogen and oxygen atoms in total.